The maximum absolute atomic E-state index is 11.7. The lowest BCUT2D eigenvalue weighted by Crippen LogP contribution is -2.58. The van der Waals surface area contributed by atoms with Gasteiger partial charge in [0.2, 0.25) is 0 Å². The molecule has 176 valence electrons. The summed E-state index contributed by atoms with van der Waals surface area (Å²) in [5.74, 6) is 4.19. The maximum atomic E-state index is 11.7. The van der Waals surface area contributed by atoms with Crippen molar-refractivity contribution in [3.63, 3.8) is 0 Å². The van der Waals surface area contributed by atoms with Crippen molar-refractivity contribution in [3.8, 4) is 0 Å². The van der Waals surface area contributed by atoms with Crippen molar-refractivity contribution in [2.45, 2.75) is 117 Å². The summed E-state index contributed by atoms with van der Waals surface area (Å²) < 4.78 is 0. The molecule has 0 unspecified atom stereocenters. The topological polar surface area (TPSA) is 40.5 Å². The van der Waals surface area contributed by atoms with E-state index in [9.17, 15) is 10.2 Å². The molecule has 0 aromatic heterocycles. The highest BCUT2D eigenvalue weighted by Crippen LogP contribution is 2.72. The highest BCUT2D eigenvalue weighted by molar-refractivity contribution is 5.37. The van der Waals surface area contributed by atoms with E-state index in [1.54, 1.807) is 5.57 Å². The molecule has 5 rings (SSSR count). The molecule has 2 heteroatoms. The van der Waals surface area contributed by atoms with Gasteiger partial charge in [-0.2, -0.15) is 0 Å². The minimum Gasteiger partial charge on any atom is -0.393 e. The highest BCUT2D eigenvalue weighted by Gasteiger charge is 2.67. The first-order chi connectivity index (χ1) is 14.6. The smallest absolute Gasteiger partial charge is 0.0634 e. The Hall–Kier alpha value is -0.340. The van der Waals surface area contributed by atoms with Gasteiger partial charge in [-0.15, -0.1) is 0 Å². The quantitative estimate of drug-likeness (QED) is 0.475. The summed E-state index contributed by atoms with van der Waals surface area (Å²) in [5, 5.41) is 22.5. The van der Waals surface area contributed by atoms with Crippen LogP contribution < -0.4 is 0 Å². The van der Waals surface area contributed by atoms with Gasteiger partial charge in [-0.3, -0.25) is 0 Å². The molecule has 0 aromatic rings. The Labute approximate surface area is 191 Å². The van der Waals surface area contributed by atoms with Crippen molar-refractivity contribution in [3.05, 3.63) is 11.6 Å². The summed E-state index contributed by atoms with van der Waals surface area (Å²) in [7, 11) is 0. The van der Waals surface area contributed by atoms with Crippen LogP contribution in [0.5, 0.6) is 0 Å². The number of rotatable bonds is 5. The molecule has 0 saturated heterocycles. The Morgan fingerprint density at radius 3 is 2.42 bits per heavy atom. The first-order valence-electron chi connectivity index (χ1n) is 13.7. The van der Waals surface area contributed by atoms with E-state index in [0.29, 0.717) is 17.3 Å². The lowest BCUT2D eigenvalue weighted by molar-refractivity contribution is -0.135. The molecule has 9 atom stereocenters. The number of aliphatic hydroxyl groups is 2. The van der Waals surface area contributed by atoms with Crippen LogP contribution in [0.2, 0.25) is 0 Å². The Kier molecular flexibility index (Phi) is 5.50. The van der Waals surface area contributed by atoms with E-state index in [1.165, 1.54) is 44.9 Å². The van der Waals surface area contributed by atoms with Gasteiger partial charge in [0, 0.05) is 5.41 Å². The second-order valence-electron chi connectivity index (χ2n) is 13.5. The number of allylic oxidation sites excluding steroid dienone is 1. The zero-order valence-electron chi connectivity index (χ0n) is 20.9. The lowest BCUT2D eigenvalue weighted by Gasteiger charge is -2.61. The van der Waals surface area contributed by atoms with Crippen LogP contribution in [-0.2, 0) is 0 Å². The van der Waals surface area contributed by atoms with Gasteiger partial charge in [0.25, 0.3) is 0 Å². The fraction of sp³-hybridized carbons (Fsp3) is 0.931. The summed E-state index contributed by atoms with van der Waals surface area (Å²) in [4.78, 5) is 0. The Bertz CT molecular complexity index is 720. The van der Waals surface area contributed by atoms with Crippen LogP contribution in [-0.4, -0.2) is 22.4 Å². The average Bonchev–Trinajstić information content (AvgIpc) is 3.40. The molecule has 0 bridgehead atoms. The molecule has 5 aliphatic rings. The Morgan fingerprint density at radius 1 is 1.00 bits per heavy atom. The predicted molar refractivity (Wildman–Crippen MR) is 127 cm³/mol. The van der Waals surface area contributed by atoms with Crippen LogP contribution in [0.4, 0.5) is 0 Å². The third-order valence-electron chi connectivity index (χ3n) is 11.5. The van der Waals surface area contributed by atoms with Crippen molar-refractivity contribution >= 4 is 0 Å². The van der Waals surface area contributed by atoms with E-state index in [-0.39, 0.29) is 23.0 Å². The van der Waals surface area contributed by atoms with Gasteiger partial charge in [-0.1, -0.05) is 65.5 Å². The second kappa shape index (κ2) is 7.59. The average molecular weight is 429 g/mol. The van der Waals surface area contributed by atoms with Crippen LogP contribution in [0, 0.1) is 51.8 Å². The van der Waals surface area contributed by atoms with Gasteiger partial charge in [0.1, 0.15) is 0 Å². The summed E-state index contributed by atoms with van der Waals surface area (Å²) in [5.41, 5.74) is 2.06. The predicted octanol–water partition coefficient (Wildman–Crippen LogP) is 6.75. The monoisotopic (exact) mass is 428 g/mol. The molecule has 31 heavy (non-hydrogen) atoms. The van der Waals surface area contributed by atoms with Gasteiger partial charge in [-0.25, -0.2) is 0 Å². The molecule has 1 spiro atoms. The molecular weight excluding hydrogens is 380 g/mol. The van der Waals surface area contributed by atoms with E-state index in [4.69, 9.17) is 0 Å². The minimum atomic E-state index is -0.172. The highest BCUT2D eigenvalue weighted by atomic mass is 16.3. The summed E-state index contributed by atoms with van der Waals surface area (Å²) in [6.07, 6.45) is 15.6. The van der Waals surface area contributed by atoms with E-state index < -0.39 is 0 Å². The van der Waals surface area contributed by atoms with Gasteiger partial charge in [-0.05, 0) is 97.7 Å². The first-order valence-corrected chi connectivity index (χ1v) is 13.7. The number of hydrogen-bond donors (Lipinski definition) is 2. The van der Waals surface area contributed by atoms with Crippen molar-refractivity contribution < 1.29 is 10.2 Å². The molecule has 0 amide bonds. The SMILES string of the molecule is CC(C)CCC[C@@H](C)[C@H]1CC[C@H]2[C@@H]3CC=C4C5(CC5)[C@@H](O)CC[C@]4(C)[C@H]3[C@H](O)C[C@]12C. The normalized spacial score (nSPS) is 48.7. The fourth-order valence-electron chi connectivity index (χ4n) is 9.97. The number of fused-ring (bicyclic) bond motifs is 6. The first kappa shape index (κ1) is 22.5. The van der Waals surface area contributed by atoms with Gasteiger partial charge in [0.05, 0.1) is 12.2 Å². The van der Waals surface area contributed by atoms with Crippen molar-refractivity contribution in [2.24, 2.45) is 51.8 Å². The zero-order valence-corrected chi connectivity index (χ0v) is 20.9. The van der Waals surface area contributed by atoms with Gasteiger partial charge >= 0.3 is 0 Å². The molecule has 0 radical (unpaired) electrons. The van der Waals surface area contributed by atoms with E-state index >= 15 is 0 Å². The van der Waals surface area contributed by atoms with Gasteiger partial charge < -0.3 is 10.2 Å². The third kappa shape index (κ3) is 3.24. The van der Waals surface area contributed by atoms with Crippen LogP contribution >= 0.6 is 0 Å². The molecule has 2 N–H and O–H groups in total. The Morgan fingerprint density at radius 2 is 1.74 bits per heavy atom. The molecule has 0 aromatic carbocycles. The molecule has 0 aliphatic heterocycles. The Balaban J connectivity index is 1.39. The summed E-state index contributed by atoms with van der Waals surface area (Å²) in [6, 6.07) is 0. The molecule has 2 nitrogen and oxygen atoms in total. The van der Waals surface area contributed by atoms with E-state index in [2.05, 4.69) is 40.7 Å². The summed E-state index contributed by atoms with van der Waals surface area (Å²) >= 11 is 0. The third-order valence-corrected chi connectivity index (χ3v) is 11.5. The molecule has 5 aliphatic carbocycles. The molecular formula is C29H48O2. The maximum Gasteiger partial charge on any atom is 0.0634 e. The lowest BCUT2D eigenvalue weighted by atomic mass is 9.44. The van der Waals surface area contributed by atoms with Crippen LogP contribution in [0.3, 0.4) is 0 Å². The van der Waals surface area contributed by atoms with Crippen molar-refractivity contribution in [1.29, 1.82) is 0 Å². The standard InChI is InChI=1S/C29H48O2/c1-18(2)7-6-8-19(3)21-10-11-22-20-9-12-24-27(4,14-13-25(31)29(24)15-16-29)26(20)23(30)17-28(21,22)5/h12,18-23,25-26,30-31H,6-11,13-17H2,1-5H3/t19-,20+,21-,22+,23-,25+,26-,27+,28-/m1/s1. The van der Waals surface area contributed by atoms with Crippen LogP contribution in [0.15, 0.2) is 11.6 Å². The summed E-state index contributed by atoms with van der Waals surface area (Å²) in [6.45, 7) is 12.2. The van der Waals surface area contributed by atoms with Crippen molar-refractivity contribution in [1.82, 2.24) is 0 Å². The minimum absolute atomic E-state index is 0.0849. The molecule has 4 fully saturated rings. The van der Waals surface area contributed by atoms with E-state index in [0.717, 1.165) is 49.4 Å². The van der Waals surface area contributed by atoms with Gasteiger partial charge in [0.15, 0.2) is 0 Å². The number of aliphatic hydroxyl groups excluding tert-OH is 2. The largest absolute Gasteiger partial charge is 0.393 e. The van der Waals surface area contributed by atoms with Crippen LogP contribution in [0.1, 0.15) is 105 Å². The number of hydrogen-bond acceptors (Lipinski definition) is 2. The van der Waals surface area contributed by atoms with E-state index in [1.807, 2.05) is 0 Å². The fourth-order valence-corrected chi connectivity index (χ4v) is 9.97. The van der Waals surface area contributed by atoms with Crippen molar-refractivity contribution in [2.75, 3.05) is 0 Å². The molecule has 0 heterocycles. The van der Waals surface area contributed by atoms with Crippen LogP contribution in [0.25, 0.3) is 0 Å². The molecule has 4 saturated carbocycles. The zero-order chi connectivity index (χ0) is 22.2. The second-order valence-corrected chi connectivity index (χ2v) is 13.5.